The lowest BCUT2D eigenvalue weighted by Crippen LogP contribution is -2.39. The number of amides is 1. The molecule has 2 aromatic rings. The molecule has 2 aliphatic heterocycles. The van der Waals surface area contributed by atoms with Crippen LogP contribution in [0.1, 0.15) is 37.4 Å². The van der Waals surface area contributed by atoms with Gasteiger partial charge in [0, 0.05) is 31.7 Å². The SMILES string of the molecule is CCOc1ccc([C@H]2/C(=C(\O)c3ccc(F)cc3)C(=O)C(=O)N2CCCN2CCOCC2)cc1OCC. The summed E-state index contributed by atoms with van der Waals surface area (Å²) in [5, 5.41) is 11.2. The average Bonchev–Trinajstić information content (AvgIpc) is 3.16. The number of aliphatic hydroxyl groups is 1. The molecule has 0 saturated carbocycles. The van der Waals surface area contributed by atoms with E-state index >= 15 is 0 Å². The van der Waals surface area contributed by atoms with Crippen LogP contribution in [0, 0.1) is 5.82 Å². The van der Waals surface area contributed by atoms with Crippen molar-refractivity contribution in [3.63, 3.8) is 0 Å². The first-order valence-electron chi connectivity index (χ1n) is 12.7. The quantitative estimate of drug-likeness (QED) is 0.295. The van der Waals surface area contributed by atoms with Crippen LogP contribution >= 0.6 is 0 Å². The lowest BCUT2D eigenvalue weighted by molar-refractivity contribution is -0.140. The van der Waals surface area contributed by atoms with Crippen molar-refractivity contribution in [1.82, 2.24) is 9.80 Å². The van der Waals surface area contributed by atoms with Crippen molar-refractivity contribution in [3.8, 4) is 11.5 Å². The van der Waals surface area contributed by atoms with E-state index in [0.29, 0.717) is 56.5 Å². The molecule has 9 heteroatoms. The Morgan fingerprint density at radius 1 is 1.00 bits per heavy atom. The lowest BCUT2D eigenvalue weighted by Gasteiger charge is -2.29. The smallest absolute Gasteiger partial charge is 0.295 e. The van der Waals surface area contributed by atoms with Gasteiger partial charge in [-0.25, -0.2) is 4.39 Å². The number of hydrogen-bond acceptors (Lipinski definition) is 7. The van der Waals surface area contributed by atoms with Gasteiger partial charge in [0.2, 0.25) is 0 Å². The maximum Gasteiger partial charge on any atom is 0.295 e. The van der Waals surface area contributed by atoms with Gasteiger partial charge in [-0.2, -0.15) is 0 Å². The van der Waals surface area contributed by atoms with Gasteiger partial charge in [-0.1, -0.05) is 6.07 Å². The molecule has 1 atom stereocenters. The normalized spacial score (nSPS) is 19.9. The zero-order chi connectivity index (χ0) is 26.4. The Bertz CT molecular complexity index is 1140. The highest BCUT2D eigenvalue weighted by Gasteiger charge is 2.46. The van der Waals surface area contributed by atoms with Crippen LogP contribution in [0.15, 0.2) is 48.0 Å². The zero-order valence-electron chi connectivity index (χ0n) is 21.2. The largest absolute Gasteiger partial charge is 0.507 e. The number of carbonyl (C=O) groups is 2. The Labute approximate surface area is 216 Å². The molecule has 8 nitrogen and oxygen atoms in total. The highest BCUT2D eigenvalue weighted by molar-refractivity contribution is 6.46. The summed E-state index contributed by atoms with van der Waals surface area (Å²) in [6.07, 6.45) is 0.648. The Balaban J connectivity index is 1.72. The summed E-state index contributed by atoms with van der Waals surface area (Å²) < 4.78 is 30.4. The summed E-state index contributed by atoms with van der Waals surface area (Å²) in [7, 11) is 0. The van der Waals surface area contributed by atoms with E-state index in [1.165, 1.54) is 29.2 Å². The predicted molar refractivity (Wildman–Crippen MR) is 136 cm³/mol. The van der Waals surface area contributed by atoms with Crippen molar-refractivity contribution in [2.24, 2.45) is 0 Å². The number of likely N-dealkylation sites (tertiary alicyclic amines) is 1. The molecule has 2 heterocycles. The van der Waals surface area contributed by atoms with Crippen LogP contribution in [0.3, 0.4) is 0 Å². The molecule has 1 N–H and O–H groups in total. The van der Waals surface area contributed by atoms with E-state index in [4.69, 9.17) is 14.2 Å². The summed E-state index contributed by atoms with van der Waals surface area (Å²) in [4.78, 5) is 30.3. The molecule has 198 valence electrons. The maximum atomic E-state index is 13.5. The van der Waals surface area contributed by atoms with Crippen molar-refractivity contribution >= 4 is 17.4 Å². The van der Waals surface area contributed by atoms with Gasteiger partial charge in [-0.15, -0.1) is 0 Å². The number of ketones is 1. The van der Waals surface area contributed by atoms with Crippen molar-refractivity contribution in [2.45, 2.75) is 26.3 Å². The van der Waals surface area contributed by atoms with Gasteiger partial charge < -0.3 is 24.2 Å². The van der Waals surface area contributed by atoms with E-state index in [1.54, 1.807) is 18.2 Å². The van der Waals surface area contributed by atoms with Crippen LogP contribution in [0.5, 0.6) is 11.5 Å². The fourth-order valence-corrected chi connectivity index (χ4v) is 4.75. The molecule has 0 aromatic heterocycles. The van der Waals surface area contributed by atoms with Crippen molar-refractivity contribution in [3.05, 3.63) is 65.0 Å². The summed E-state index contributed by atoms with van der Waals surface area (Å²) in [5.74, 6) is -1.22. The van der Waals surface area contributed by atoms with Gasteiger partial charge in [0.1, 0.15) is 11.6 Å². The minimum atomic E-state index is -0.829. The van der Waals surface area contributed by atoms with E-state index in [0.717, 1.165) is 19.6 Å². The van der Waals surface area contributed by atoms with Crippen LogP contribution in [0.25, 0.3) is 5.76 Å². The van der Waals surface area contributed by atoms with E-state index < -0.39 is 23.5 Å². The molecular weight excluding hydrogens is 479 g/mol. The molecule has 0 spiro atoms. The number of benzene rings is 2. The first kappa shape index (κ1) is 26.6. The molecule has 0 bridgehead atoms. The van der Waals surface area contributed by atoms with Crippen molar-refractivity contribution < 1.29 is 33.3 Å². The highest BCUT2D eigenvalue weighted by atomic mass is 19.1. The molecule has 4 rings (SSSR count). The van der Waals surface area contributed by atoms with E-state index in [2.05, 4.69) is 4.90 Å². The van der Waals surface area contributed by atoms with Gasteiger partial charge in [0.05, 0.1) is 38.0 Å². The topological polar surface area (TPSA) is 88.5 Å². The molecule has 2 saturated heterocycles. The molecule has 2 aliphatic rings. The third-order valence-corrected chi connectivity index (χ3v) is 6.52. The first-order valence-corrected chi connectivity index (χ1v) is 12.7. The molecule has 37 heavy (non-hydrogen) atoms. The van der Waals surface area contributed by atoms with E-state index in [1.807, 2.05) is 13.8 Å². The number of aliphatic hydroxyl groups excluding tert-OH is 1. The van der Waals surface area contributed by atoms with Crippen LogP contribution in [0.2, 0.25) is 0 Å². The predicted octanol–water partition coefficient (Wildman–Crippen LogP) is 3.77. The Morgan fingerprint density at radius 3 is 2.35 bits per heavy atom. The number of nitrogens with zero attached hydrogens (tertiary/aromatic N) is 2. The number of hydrogen-bond donors (Lipinski definition) is 1. The highest BCUT2D eigenvalue weighted by Crippen LogP contribution is 2.42. The monoisotopic (exact) mass is 512 g/mol. The molecule has 1 amide bonds. The van der Waals surface area contributed by atoms with Crippen LogP contribution in [-0.2, 0) is 14.3 Å². The second-order valence-electron chi connectivity index (χ2n) is 8.88. The van der Waals surface area contributed by atoms with Crippen LogP contribution in [-0.4, -0.2) is 79.2 Å². The Morgan fingerprint density at radius 2 is 1.68 bits per heavy atom. The molecule has 0 aliphatic carbocycles. The number of Topliss-reactive ketones (excluding diaryl/α,β-unsaturated/α-hetero) is 1. The van der Waals surface area contributed by atoms with Gasteiger partial charge >= 0.3 is 0 Å². The number of morpholine rings is 1. The van der Waals surface area contributed by atoms with Gasteiger partial charge in [-0.05, 0) is 62.2 Å². The summed E-state index contributed by atoms with van der Waals surface area (Å²) in [5.41, 5.74) is 0.837. The molecule has 0 unspecified atom stereocenters. The first-order chi connectivity index (χ1) is 17.9. The second-order valence-corrected chi connectivity index (χ2v) is 8.88. The average molecular weight is 513 g/mol. The minimum Gasteiger partial charge on any atom is -0.507 e. The maximum absolute atomic E-state index is 13.5. The number of ether oxygens (including phenoxy) is 3. The Kier molecular flexibility index (Phi) is 8.78. The van der Waals surface area contributed by atoms with Gasteiger partial charge in [0.15, 0.2) is 11.5 Å². The molecule has 2 aromatic carbocycles. The standard InChI is InChI=1S/C28H33FN2O6/c1-3-36-22-11-8-20(18-23(22)37-4-2)25-24(26(32)19-6-9-21(29)10-7-19)27(33)28(34)31(25)13-5-12-30-14-16-35-17-15-30/h6-11,18,25,32H,3-5,12-17H2,1-2H3/b26-24+/t25-/m0/s1. The molecule has 0 radical (unpaired) electrons. The van der Waals surface area contributed by atoms with Gasteiger partial charge in [0.25, 0.3) is 11.7 Å². The molecule has 2 fully saturated rings. The lowest BCUT2D eigenvalue weighted by atomic mass is 9.95. The third-order valence-electron chi connectivity index (χ3n) is 6.52. The van der Waals surface area contributed by atoms with Crippen molar-refractivity contribution in [2.75, 3.05) is 52.6 Å². The third kappa shape index (κ3) is 5.94. The van der Waals surface area contributed by atoms with Crippen molar-refractivity contribution in [1.29, 1.82) is 0 Å². The van der Waals surface area contributed by atoms with Crippen LogP contribution in [0.4, 0.5) is 4.39 Å². The summed E-state index contributed by atoms with van der Waals surface area (Å²) in [6.45, 7) is 8.65. The second kappa shape index (κ2) is 12.2. The van der Waals surface area contributed by atoms with Crippen LogP contribution < -0.4 is 9.47 Å². The number of carbonyl (C=O) groups excluding carboxylic acids is 2. The summed E-state index contributed by atoms with van der Waals surface area (Å²) >= 11 is 0. The summed E-state index contributed by atoms with van der Waals surface area (Å²) in [6, 6.07) is 9.61. The number of rotatable bonds is 10. The fraction of sp³-hybridized carbons (Fsp3) is 0.429. The van der Waals surface area contributed by atoms with E-state index in [9.17, 15) is 19.1 Å². The minimum absolute atomic E-state index is 0.0328. The van der Waals surface area contributed by atoms with E-state index in [-0.39, 0.29) is 16.9 Å². The van der Waals surface area contributed by atoms with Gasteiger partial charge in [-0.3, -0.25) is 14.5 Å². The zero-order valence-corrected chi connectivity index (χ0v) is 21.2. The molecular formula is C28H33FN2O6. The number of halogens is 1. The Hall–Kier alpha value is -3.43. The fourth-order valence-electron chi connectivity index (χ4n) is 4.75.